The minimum atomic E-state index is -0.127. The summed E-state index contributed by atoms with van der Waals surface area (Å²) in [5.74, 6) is 0.230. The highest BCUT2D eigenvalue weighted by Crippen LogP contribution is 2.02. The van der Waals surface area contributed by atoms with E-state index in [9.17, 15) is 4.79 Å². The van der Waals surface area contributed by atoms with Crippen LogP contribution in [0.5, 0.6) is 0 Å². The maximum absolute atomic E-state index is 11.6. The van der Waals surface area contributed by atoms with Gasteiger partial charge in [-0.15, -0.1) is 0 Å². The fourth-order valence-electron chi connectivity index (χ4n) is 1.12. The Hall–Kier alpha value is -1.36. The highest BCUT2D eigenvalue weighted by molar-refractivity contribution is 5.94. The summed E-state index contributed by atoms with van der Waals surface area (Å²) in [6.45, 7) is 6.35. The molecule has 4 N–H and O–H groups in total. The van der Waals surface area contributed by atoms with E-state index >= 15 is 0 Å². The molecule has 0 aliphatic heterocycles. The first-order chi connectivity index (χ1) is 7.02. The van der Waals surface area contributed by atoms with Crippen molar-refractivity contribution in [2.24, 2.45) is 11.7 Å². The van der Waals surface area contributed by atoms with Crippen LogP contribution in [0, 0.1) is 12.8 Å². The molecule has 0 bridgehead atoms. The molecule has 84 valence electrons. The number of carbonyl (C=O) groups is 1. The lowest BCUT2D eigenvalue weighted by Crippen LogP contribution is -2.40. The van der Waals surface area contributed by atoms with Crippen LogP contribution in [-0.4, -0.2) is 28.7 Å². The number of aryl methyl sites for hydroxylation is 1. The van der Waals surface area contributed by atoms with E-state index in [4.69, 9.17) is 5.73 Å². The van der Waals surface area contributed by atoms with Gasteiger partial charge in [0.05, 0.1) is 11.8 Å². The Labute approximate surface area is 89.4 Å². The molecule has 5 heteroatoms. The Morgan fingerprint density at radius 1 is 1.67 bits per heavy atom. The molecule has 1 rings (SSSR count). The molecule has 1 amide bonds. The topological polar surface area (TPSA) is 83.8 Å². The molecular formula is C10H18N4O. The second kappa shape index (κ2) is 4.93. The van der Waals surface area contributed by atoms with Crippen molar-refractivity contribution in [1.82, 2.24) is 15.5 Å². The Morgan fingerprint density at radius 2 is 2.33 bits per heavy atom. The normalized spacial score (nSPS) is 12.9. The minimum Gasteiger partial charge on any atom is -0.350 e. The molecule has 0 aromatic carbocycles. The summed E-state index contributed by atoms with van der Waals surface area (Å²) in [6, 6.07) is -0.0128. The van der Waals surface area contributed by atoms with Gasteiger partial charge in [0, 0.05) is 18.3 Å². The molecule has 0 aliphatic carbocycles. The van der Waals surface area contributed by atoms with Crippen LogP contribution in [0.2, 0.25) is 0 Å². The molecule has 0 fully saturated rings. The third kappa shape index (κ3) is 3.06. The van der Waals surface area contributed by atoms with E-state index in [1.807, 2.05) is 20.8 Å². The third-order valence-electron chi connectivity index (χ3n) is 2.43. The number of nitrogens with two attached hydrogens (primary N) is 1. The number of rotatable bonds is 4. The number of aromatic nitrogens is 2. The number of H-pyrrole nitrogens is 1. The predicted molar refractivity (Wildman–Crippen MR) is 58.5 cm³/mol. The van der Waals surface area contributed by atoms with Gasteiger partial charge in [-0.3, -0.25) is 9.89 Å². The first-order valence-corrected chi connectivity index (χ1v) is 5.06. The number of amides is 1. The monoisotopic (exact) mass is 210 g/mol. The van der Waals surface area contributed by atoms with Gasteiger partial charge < -0.3 is 11.1 Å². The zero-order valence-corrected chi connectivity index (χ0v) is 9.37. The van der Waals surface area contributed by atoms with E-state index in [2.05, 4.69) is 15.5 Å². The number of nitrogens with one attached hydrogen (secondary N) is 2. The molecule has 0 aliphatic rings. The Balaban J connectivity index is 2.47. The van der Waals surface area contributed by atoms with Crippen LogP contribution in [-0.2, 0) is 0 Å². The van der Waals surface area contributed by atoms with Crippen molar-refractivity contribution in [2.45, 2.75) is 26.8 Å². The fraction of sp³-hybridized carbons (Fsp3) is 0.600. The van der Waals surface area contributed by atoms with Crippen LogP contribution in [0.15, 0.2) is 6.20 Å². The molecule has 1 unspecified atom stereocenters. The summed E-state index contributed by atoms with van der Waals surface area (Å²) < 4.78 is 0. The van der Waals surface area contributed by atoms with Gasteiger partial charge >= 0.3 is 0 Å². The maximum Gasteiger partial charge on any atom is 0.254 e. The van der Waals surface area contributed by atoms with Crippen molar-refractivity contribution in [2.75, 3.05) is 6.54 Å². The smallest absolute Gasteiger partial charge is 0.254 e. The van der Waals surface area contributed by atoms with Crippen molar-refractivity contribution in [3.05, 3.63) is 17.5 Å². The summed E-state index contributed by atoms with van der Waals surface area (Å²) in [4.78, 5) is 11.6. The van der Waals surface area contributed by atoms with Gasteiger partial charge in [-0.2, -0.15) is 5.10 Å². The first kappa shape index (κ1) is 11.7. The quantitative estimate of drug-likeness (QED) is 0.674. The fourth-order valence-corrected chi connectivity index (χ4v) is 1.12. The van der Waals surface area contributed by atoms with Crippen molar-refractivity contribution in [3.8, 4) is 0 Å². The van der Waals surface area contributed by atoms with E-state index in [0.29, 0.717) is 18.0 Å². The van der Waals surface area contributed by atoms with Gasteiger partial charge in [-0.25, -0.2) is 0 Å². The number of nitrogens with zero attached hydrogens (tertiary/aromatic N) is 1. The molecule has 0 radical (unpaired) electrons. The Kier molecular flexibility index (Phi) is 3.85. The van der Waals surface area contributed by atoms with E-state index in [-0.39, 0.29) is 11.9 Å². The van der Waals surface area contributed by atoms with Crippen molar-refractivity contribution in [1.29, 1.82) is 0 Å². The molecule has 0 saturated heterocycles. The van der Waals surface area contributed by atoms with Crippen LogP contribution in [0.3, 0.4) is 0 Å². The van der Waals surface area contributed by atoms with Gasteiger partial charge in [-0.05, 0) is 12.8 Å². The standard InChI is InChI=1S/C10H18N4O/c1-6(2)9(11)5-12-10(15)8-4-13-14-7(8)3/h4,6,9H,5,11H2,1-3H3,(H,12,15)(H,13,14). The van der Waals surface area contributed by atoms with Crippen LogP contribution >= 0.6 is 0 Å². The summed E-state index contributed by atoms with van der Waals surface area (Å²) in [6.07, 6.45) is 1.52. The van der Waals surface area contributed by atoms with Crippen LogP contribution in [0.1, 0.15) is 29.9 Å². The highest BCUT2D eigenvalue weighted by Gasteiger charge is 2.13. The summed E-state index contributed by atoms with van der Waals surface area (Å²) in [5.41, 5.74) is 7.16. The van der Waals surface area contributed by atoms with Crippen LogP contribution < -0.4 is 11.1 Å². The second-order valence-corrected chi connectivity index (χ2v) is 4.03. The SMILES string of the molecule is Cc1[nH]ncc1C(=O)NCC(N)C(C)C. The lowest BCUT2D eigenvalue weighted by molar-refractivity contribution is 0.0948. The zero-order chi connectivity index (χ0) is 11.4. The molecule has 15 heavy (non-hydrogen) atoms. The molecule has 1 heterocycles. The number of hydrogen-bond donors (Lipinski definition) is 3. The summed E-state index contributed by atoms with van der Waals surface area (Å²) >= 11 is 0. The van der Waals surface area contributed by atoms with Crippen LogP contribution in [0.4, 0.5) is 0 Å². The third-order valence-corrected chi connectivity index (χ3v) is 2.43. The molecule has 5 nitrogen and oxygen atoms in total. The van der Waals surface area contributed by atoms with Gasteiger partial charge in [-0.1, -0.05) is 13.8 Å². The van der Waals surface area contributed by atoms with Crippen molar-refractivity contribution < 1.29 is 4.79 Å². The molecule has 1 aromatic rings. The van der Waals surface area contributed by atoms with Gasteiger partial charge in [0.15, 0.2) is 0 Å². The molecular weight excluding hydrogens is 192 g/mol. The second-order valence-electron chi connectivity index (χ2n) is 4.03. The lowest BCUT2D eigenvalue weighted by Gasteiger charge is -2.15. The highest BCUT2D eigenvalue weighted by atomic mass is 16.1. The number of carbonyl (C=O) groups excluding carboxylic acids is 1. The largest absolute Gasteiger partial charge is 0.350 e. The van der Waals surface area contributed by atoms with Crippen LogP contribution in [0.25, 0.3) is 0 Å². The summed E-state index contributed by atoms with van der Waals surface area (Å²) in [7, 11) is 0. The Bertz CT molecular complexity index is 332. The van der Waals surface area contributed by atoms with Gasteiger partial charge in [0.25, 0.3) is 5.91 Å². The Morgan fingerprint density at radius 3 is 2.80 bits per heavy atom. The van der Waals surface area contributed by atoms with E-state index in [1.54, 1.807) is 0 Å². The predicted octanol–water partition coefficient (Wildman–Crippen LogP) is 0.431. The van der Waals surface area contributed by atoms with E-state index in [1.165, 1.54) is 6.20 Å². The maximum atomic E-state index is 11.6. The van der Waals surface area contributed by atoms with Crippen molar-refractivity contribution >= 4 is 5.91 Å². The van der Waals surface area contributed by atoms with Crippen molar-refractivity contribution in [3.63, 3.8) is 0 Å². The number of aromatic amines is 1. The molecule has 0 spiro atoms. The minimum absolute atomic E-state index is 0.0128. The average molecular weight is 210 g/mol. The van der Waals surface area contributed by atoms with E-state index < -0.39 is 0 Å². The molecule has 1 atom stereocenters. The number of hydrogen-bond acceptors (Lipinski definition) is 3. The van der Waals surface area contributed by atoms with Gasteiger partial charge in [0.1, 0.15) is 0 Å². The molecule has 0 saturated carbocycles. The van der Waals surface area contributed by atoms with E-state index in [0.717, 1.165) is 5.69 Å². The van der Waals surface area contributed by atoms with Gasteiger partial charge in [0.2, 0.25) is 0 Å². The first-order valence-electron chi connectivity index (χ1n) is 5.06. The summed E-state index contributed by atoms with van der Waals surface area (Å²) in [5, 5.41) is 9.29. The lowest BCUT2D eigenvalue weighted by atomic mass is 10.1. The average Bonchev–Trinajstić information content (AvgIpc) is 2.60. The zero-order valence-electron chi connectivity index (χ0n) is 9.37. The molecule has 1 aromatic heterocycles.